The molecule has 4 heteroatoms. The first-order chi connectivity index (χ1) is 9.24. The van der Waals surface area contributed by atoms with E-state index >= 15 is 0 Å². The van der Waals surface area contributed by atoms with Gasteiger partial charge in [-0.25, -0.2) is 4.39 Å². The third kappa shape index (κ3) is 2.25. The molecule has 0 aliphatic heterocycles. The van der Waals surface area contributed by atoms with Crippen molar-refractivity contribution in [1.82, 2.24) is 4.98 Å². The van der Waals surface area contributed by atoms with Crippen LogP contribution in [-0.2, 0) is 6.61 Å². The topological polar surface area (TPSA) is 51.0 Å². The number of benzene rings is 2. The van der Waals surface area contributed by atoms with Gasteiger partial charge in [0.2, 0.25) is 0 Å². The number of para-hydroxylation sites is 2. The summed E-state index contributed by atoms with van der Waals surface area (Å²) >= 11 is 0. The van der Waals surface area contributed by atoms with Gasteiger partial charge in [0.05, 0.1) is 16.9 Å². The second-order valence-electron chi connectivity index (χ2n) is 4.33. The first kappa shape index (κ1) is 11.6. The largest absolute Gasteiger partial charge is 0.484 e. The second kappa shape index (κ2) is 4.65. The van der Waals surface area contributed by atoms with Gasteiger partial charge in [-0.05, 0) is 24.3 Å². The highest BCUT2D eigenvalue weighted by Crippen LogP contribution is 2.22. The van der Waals surface area contributed by atoms with E-state index in [1.807, 2.05) is 24.3 Å². The molecule has 19 heavy (non-hydrogen) atoms. The highest BCUT2D eigenvalue weighted by molar-refractivity contribution is 5.90. The Labute approximate surface area is 109 Å². The number of fused-ring (bicyclic) bond motifs is 1. The number of aromatic amines is 1. The number of aromatic nitrogens is 1. The maximum Gasteiger partial charge on any atom is 0.165 e. The number of halogens is 1. The van der Waals surface area contributed by atoms with Crippen LogP contribution >= 0.6 is 0 Å². The second-order valence-corrected chi connectivity index (χ2v) is 4.33. The van der Waals surface area contributed by atoms with E-state index in [1.165, 1.54) is 6.07 Å². The molecule has 0 atom stereocenters. The van der Waals surface area contributed by atoms with E-state index in [1.54, 1.807) is 18.2 Å². The monoisotopic (exact) mass is 256 g/mol. The summed E-state index contributed by atoms with van der Waals surface area (Å²) in [5.74, 6) is -0.118. The Morgan fingerprint density at radius 3 is 2.74 bits per heavy atom. The van der Waals surface area contributed by atoms with Crippen LogP contribution in [0.3, 0.4) is 0 Å². The number of hydrogen-bond acceptors (Lipinski definition) is 2. The fraction of sp³-hybridized carbons (Fsp3) is 0.0667. The molecule has 3 N–H and O–H groups in total. The van der Waals surface area contributed by atoms with E-state index in [2.05, 4.69) is 4.98 Å². The summed E-state index contributed by atoms with van der Waals surface area (Å²) < 4.78 is 18.9. The van der Waals surface area contributed by atoms with E-state index in [9.17, 15) is 4.39 Å². The Kier molecular flexibility index (Phi) is 2.83. The standard InChI is InChI=1S/C15H13FN2O/c16-12-5-1-2-7-14(12)19-9-11-8-10-4-3-6-13(17)15(10)18-11/h1-8,18H,9,17H2. The number of ether oxygens (including phenoxy) is 1. The first-order valence-corrected chi connectivity index (χ1v) is 5.97. The maximum atomic E-state index is 13.4. The molecule has 0 aliphatic carbocycles. The maximum absolute atomic E-state index is 13.4. The molecule has 2 aromatic carbocycles. The molecule has 3 aromatic rings. The molecule has 0 saturated heterocycles. The van der Waals surface area contributed by atoms with Gasteiger partial charge in [0, 0.05) is 5.39 Å². The molecule has 1 heterocycles. The van der Waals surface area contributed by atoms with Crippen LogP contribution in [0.2, 0.25) is 0 Å². The molecule has 3 nitrogen and oxygen atoms in total. The van der Waals surface area contributed by atoms with Crippen molar-refractivity contribution in [2.24, 2.45) is 0 Å². The Balaban J connectivity index is 1.83. The van der Waals surface area contributed by atoms with Gasteiger partial charge in [-0.2, -0.15) is 0 Å². The van der Waals surface area contributed by atoms with Crippen LogP contribution in [0, 0.1) is 5.82 Å². The zero-order valence-electron chi connectivity index (χ0n) is 10.2. The average Bonchev–Trinajstić information content (AvgIpc) is 2.82. The molecule has 0 amide bonds. The minimum atomic E-state index is -0.363. The molecule has 0 unspecified atom stereocenters. The van der Waals surface area contributed by atoms with Gasteiger partial charge in [-0.3, -0.25) is 0 Å². The number of H-pyrrole nitrogens is 1. The number of nitrogens with two attached hydrogens (primary N) is 1. The predicted octanol–water partition coefficient (Wildman–Crippen LogP) is 3.47. The predicted molar refractivity (Wildman–Crippen MR) is 73.4 cm³/mol. The van der Waals surface area contributed by atoms with Crippen LogP contribution in [0.5, 0.6) is 5.75 Å². The quantitative estimate of drug-likeness (QED) is 0.705. The fourth-order valence-corrected chi connectivity index (χ4v) is 2.03. The highest BCUT2D eigenvalue weighted by atomic mass is 19.1. The third-order valence-corrected chi connectivity index (χ3v) is 2.96. The minimum absolute atomic E-state index is 0.245. The zero-order chi connectivity index (χ0) is 13.2. The third-order valence-electron chi connectivity index (χ3n) is 2.96. The average molecular weight is 256 g/mol. The first-order valence-electron chi connectivity index (χ1n) is 5.97. The fourth-order valence-electron chi connectivity index (χ4n) is 2.03. The van der Waals surface area contributed by atoms with E-state index in [0.717, 1.165) is 16.6 Å². The lowest BCUT2D eigenvalue weighted by Gasteiger charge is -2.05. The summed E-state index contributed by atoms with van der Waals surface area (Å²) in [6.07, 6.45) is 0. The van der Waals surface area contributed by atoms with Crippen LogP contribution < -0.4 is 10.5 Å². The van der Waals surface area contributed by atoms with Crippen LogP contribution in [0.1, 0.15) is 5.69 Å². The van der Waals surface area contributed by atoms with Gasteiger partial charge in [0.25, 0.3) is 0 Å². The summed E-state index contributed by atoms with van der Waals surface area (Å²) in [6, 6.07) is 14.0. The molecule has 96 valence electrons. The van der Waals surface area contributed by atoms with Gasteiger partial charge in [0.15, 0.2) is 11.6 Å². The van der Waals surface area contributed by atoms with E-state index in [4.69, 9.17) is 10.5 Å². The van der Waals surface area contributed by atoms with Gasteiger partial charge in [0.1, 0.15) is 6.61 Å². The lowest BCUT2D eigenvalue weighted by molar-refractivity contribution is 0.287. The van der Waals surface area contributed by atoms with Crippen molar-refractivity contribution in [3.05, 3.63) is 60.0 Å². The summed E-state index contributed by atoms with van der Waals surface area (Å²) in [5, 5.41) is 1.02. The Hall–Kier alpha value is -2.49. The molecular weight excluding hydrogens is 243 g/mol. The number of hydrogen-bond donors (Lipinski definition) is 2. The van der Waals surface area contributed by atoms with Crippen molar-refractivity contribution in [2.45, 2.75) is 6.61 Å². The van der Waals surface area contributed by atoms with E-state index in [0.29, 0.717) is 5.69 Å². The van der Waals surface area contributed by atoms with Crippen LogP contribution in [0.25, 0.3) is 10.9 Å². The smallest absolute Gasteiger partial charge is 0.165 e. The van der Waals surface area contributed by atoms with E-state index in [-0.39, 0.29) is 18.2 Å². The summed E-state index contributed by atoms with van der Waals surface area (Å²) in [5.41, 5.74) is 8.30. The SMILES string of the molecule is Nc1cccc2cc(COc3ccccc3F)[nH]c12. The molecular formula is C15H13FN2O. The van der Waals surface area contributed by atoms with Crippen LogP contribution in [-0.4, -0.2) is 4.98 Å². The van der Waals surface area contributed by atoms with Crippen molar-refractivity contribution >= 4 is 16.6 Å². The molecule has 0 radical (unpaired) electrons. The molecule has 0 saturated carbocycles. The number of anilines is 1. The van der Waals surface area contributed by atoms with Crippen molar-refractivity contribution < 1.29 is 9.13 Å². The van der Waals surface area contributed by atoms with Crippen molar-refractivity contribution in [2.75, 3.05) is 5.73 Å². The lowest BCUT2D eigenvalue weighted by Crippen LogP contribution is -1.97. The molecule has 3 rings (SSSR count). The number of nitrogen functional groups attached to an aromatic ring is 1. The summed E-state index contributed by atoms with van der Waals surface area (Å²) in [4.78, 5) is 3.18. The van der Waals surface area contributed by atoms with Gasteiger partial charge in [-0.1, -0.05) is 24.3 Å². The highest BCUT2D eigenvalue weighted by Gasteiger charge is 2.06. The van der Waals surface area contributed by atoms with E-state index < -0.39 is 0 Å². The molecule has 0 fully saturated rings. The van der Waals surface area contributed by atoms with Gasteiger partial charge >= 0.3 is 0 Å². The zero-order valence-corrected chi connectivity index (χ0v) is 10.2. The molecule has 0 aliphatic rings. The van der Waals surface area contributed by atoms with Crippen molar-refractivity contribution in [1.29, 1.82) is 0 Å². The normalized spacial score (nSPS) is 10.8. The summed E-state index contributed by atoms with van der Waals surface area (Å²) in [6.45, 7) is 0.273. The molecule has 0 spiro atoms. The van der Waals surface area contributed by atoms with Crippen LogP contribution in [0.4, 0.5) is 10.1 Å². The van der Waals surface area contributed by atoms with Crippen molar-refractivity contribution in [3.63, 3.8) is 0 Å². The molecule has 1 aromatic heterocycles. The Morgan fingerprint density at radius 2 is 1.95 bits per heavy atom. The summed E-state index contributed by atoms with van der Waals surface area (Å²) in [7, 11) is 0. The number of nitrogens with one attached hydrogen (secondary N) is 1. The van der Waals surface area contributed by atoms with Crippen LogP contribution in [0.15, 0.2) is 48.5 Å². The van der Waals surface area contributed by atoms with Crippen molar-refractivity contribution in [3.8, 4) is 5.75 Å². The Morgan fingerprint density at radius 1 is 1.11 bits per heavy atom. The molecule has 0 bridgehead atoms. The Bertz CT molecular complexity index is 721. The number of rotatable bonds is 3. The van der Waals surface area contributed by atoms with Gasteiger partial charge in [-0.15, -0.1) is 0 Å². The minimum Gasteiger partial charge on any atom is -0.484 e. The van der Waals surface area contributed by atoms with Gasteiger partial charge < -0.3 is 15.5 Å². The lowest BCUT2D eigenvalue weighted by atomic mass is 10.2.